The Kier molecular flexibility index (Phi) is 6.03. The fourth-order valence-electron chi connectivity index (χ4n) is 1.77. The Hall–Kier alpha value is -2.27. The van der Waals surface area contributed by atoms with Crippen LogP contribution in [0.5, 0.6) is 0 Å². The molecule has 2 aromatic carbocycles. The number of anilines is 1. The lowest BCUT2D eigenvalue weighted by Crippen LogP contribution is -2.35. The maximum atomic E-state index is 11.9. The van der Waals surface area contributed by atoms with Gasteiger partial charge in [-0.05, 0) is 30.7 Å². The zero-order valence-electron chi connectivity index (χ0n) is 12.3. The lowest BCUT2D eigenvalue weighted by Gasteiger charge is -2.10. The Morgan fingerprint density at radius 1 is 0.955 bits per heavy atom. The number of rotatable bonds is 5. The Labute approximate surface area is 134 Å². The predicted molar refractivity (Wildman–Crippen MR) is 88.9 cm³/mol. The van der Waals surface area contributed by atoms with E-state index < -0.39 is 11.8 Å². The summed E-state index contributed by atoms with van der Waals surface area (Å²) in [6.07, 6.45) is 0.791. The molecule has 2 aromatic rings. The smallest absolute Gasteiger partial charge is 0.313 e. The van der Waals surface area contributed by atoms with Crippen molar-refractivity contribution < 1.29 is 9.59 Å². The Balaban J connectivity index is 2.08. The minimum atomic E-state index is -0.644. The molecule has 4 nitrogen and oxygen atoms in total. The highest BCUT2D eigenvalue weighted by molar-refractivity contribution is 7.99. The molecule has 0 radical (unpaired) electrons. The van der Waals surface area contributed by atoms with E-state index in [0.29, 0.717) is 12.2 Å². The summed E-state index contributed by atoms with van der Waals surface area (Å²) in [5.74, 6) is -1.25. The molecular formula is C17H18N2O2S. The van der Waals surface area contributed by atoms with Gasteiger partial charge in [0, 0.05) is 16.3 Å². The molecule has 0 aliphatic rings. The van der Waals surface area contributed by atoms with Gasteiger partial charge in [-0.15, -0.1) is 0 Å². The van der Waals surface area contributed by atoms with Crippen molar-refractivity contribution in [2.45, 2.75) is 23.1 Å². The second kappa shape index (κ2) is 8.24. The van der Waals surface area contributed by atoms with Crippen LogP contribution in [0.3, 0.4) is 0 Å². The monoisotopic (exact) mass is 314 g/mol. The summed E-state index contributed by atoms with van der Waals surface area (Å²) in [6, 6.07) is 17.3. The highest BCUT2D eigenvalue weighted by Gasteiger charge is 2.14. The van der Waals surface area contributed by atoms with E-state index >= 15 is 0 Å². The van der Waals surface area contributed by atoms with Gasteiger partial charge in [-0.1, -0.05) is 49.0 Å². The summed E-state index contributed by atoms with van der Waals surface area (Å²) in [4.78, 5) is 25.5. The number of benzene rings is 2. The molecule has 0 heterocycles. The van der Waals surface area contributed by atoms with E-state index in [-0.39, 0.29) is 0 Å². The molecule has 2 N–H and O–H groups in total. The van der Waals surface area contributed by atoms with E-state index in [4.69, 9.17) is 0 Å². The number of carbonyl (C=O) groups excluding carboxylic acids is 2. The van der Waals surface area contributed by atoms with Crippen molar-refractivity contribution in [1.82, 2.24) is 5.32 Å². The van der Waals surface area contributed by atoms with Gasteiger partial charge in [-0.2, -0.15) is 0 Å². The van der Waals surface area contributed by atoms with Crippen LogP contribution in [0.15, 0.2) is 64.4 Å². The Bertz CT molecular complexity index is 644. The number of para-hydroxylation sites is 1. The summed E-state index contributed by atoms with van der Waals surface area (Å²) in [6.45, 7) is 2.43. The topological polar surface area (TPSA) is 58.2 Å². The van der Waals surface area contributed by atoms with Crippen molar-refractivity contribution in [3.8, 4) is 0 Å². The molecular weight excluding hydrogens is 296 g/mol. The van der Waals surface area contributed by atoms with Gasteiger partial charge in [-0.3, -0.25) is 9.59 Å². The molecule has 0 saturated heterocycles. The average molecular weight is 314 g/mol. The standard InChI is InChI=1S/C17H18N2O2S/c1-2-12-18-16(20)17(21)19-14-10-6-7-11-15(14)22-13-8-4-3-5-9-13/h3-11H,2,12H2,1H3,(H,18,20)(H,19,21). The van der Waals surface area contributed by atoms with Crippen LogP contribution >= 0.6 is 11.8 Å². The number of amides is 2. The molecule has 0 bridgehead atoms. The molecule has 114 valence electrons. The average Bonchev–Trinajstić information content (AvgIpc) is 2.55. The van der Waals surface area contributed by atoms with Crippen LogP contribution in [0.25, 0.3) is 0 Å². The molecule has 22 heavy (non-hydrogen) atoms. The van der Waals surface area contributed by atoms with Crippen LogP contribution in [0.1, 0.15) is 13.3 Å². The van der Waals surface area contributed by atoms with Crippen molar-refractivity contribution in [2.24, 2.45) is 0 Å². The van der Waals surface area contributed by atoms with Gasteiger partial charge < -0.3 is 10.6 Å². The molecule has 0 aromatic heterocycles. The Morgan fingerprint density at radius 3 is 2.36 bits per heavy atom. The lowest BCUT2D eigenvalue weighted by molar-refractivity contribution is -0.136. The van der Waals surface area contributed by atoms with Gasteiger partial charge in [0.25, 0.3) is 0 Å². The number of hydrogen-bond acceptors (Lipinski definition) is 3. The molecule has 0 atom stereocenters. The molecule has 0 fully saturated rings. The first-order valence-corrected chi connectivity index (χ1v) is 7.93. The largest absolute Gasteiger partial charge is 0.348 e. The number of carbonyl (C=O) groups is 2. The van der Waals surface area contributed by atoms with Crippen LogP contribution in [-0.2, 0) is 9.59 Å². The lowest BCUT2D eigenvalue weighted by atomic mass is 10.3. The molecule has 5 heteroatoms. The Morgan fingerprint density at radius 2 is 1.64 bits per heavy atom. The van der Waals surface area contributed by atoms with Crippen molar-refractivity contribution in [3.05, 3.63) is 54.6 Å². The summed E-state index contributed by atoms with van der Waals surface area (Å²) >= 11 is 1.54. The molecule has 2 rings (SSSR count). The summed E-state index contributed by atoms with van der Waals surface area (Å²) < 4.78 is 0. The molecule has 0 spiro atoms. The first kappa shape index (κ1) is 16.1. The van der Waals surface area contributed by atoms with E-state index in [2.05, 4.69) is 10.6 Å². The van der Waals surface area contributed by atoms with Crippen LogP contribution < -0.4 is 10.6 Å². The van der Waals surface area contributed by atoms with Crippen molar-refractivity contribution >= 4 is 29.3 Å². The van der Waals surface area contributed by atoms with Crippen LogP contribution in [0.4, 0.5) is 5.69 Å². The molecule has 0 unspecified atom stereocenters. The SMILES string of the molecule is CCCNC(=O)C(=O)Nc1ccccc1Sc1ccccc1. The minimum Gasteiger partial charge on any atom is -0.348 e. The first-order chi connectivity index (χ1) is 10.7. The number of nitrogens with one attached hydrogen (secondary N) is 2. The van der Waals surface area contributed by atoms with Gasteiger partial charge in [0.2, 0.25) is 0 Å². The quantitative estimate of drug-likeness (QED) is 0.833. The zero-order chi connectivity index (χ0) is 15.8. The summed E-state index contributed by atoms with van der Waals surface area (Å²) in [5.41, 5.74) is 0.632. The predicted octanol–water partition coefficient (Wildman–Crippen LogP) is 3.30. The summed E-state index contributed by atoms with van der Waals surface area (Å²) in [7, 11) is 0. The molecule has 2 amide bonds. The fourth-order valence-corrected chi connectivity index (χ4v) is 2.70. The molecule has 0 saturated carbocycles. The fraction of sp³-hybridized carbons (Fsp3) is 0.176. The third-order valence-electron chi connectivity index (χ3n) is 2.85. The van der Waals surface area contributed by atoms with E-state index in [1.807, 2.05) is 55.5 Å². The van der Waals surface area contributed by atoms with E-state index in [1.54, 1.807) is 6.07 Å². The van der Waals surface area contributed by atoms with E-state index in [9.17, 15) is 9.59 Å². The normalized spacial score (nSPS) is 10.0. The minimum absolute atomic E-state index is 0.493. The maximum Gasteiger partial charge on any atom is 0.313 e. The van der Waals surface area contributed by atoms with E-state index in [0.717, 1.165) is 16.2 Å². The zero-order valence-corrected chi connectivity index (χ0v) is 13.2. The van der Waals surface area contributed by atoms with Gasteiger partial charge in [0.1, 0.15) is 0 Å². The van der Waals surface area contributed by atoms with Gasteiger partial charge >= 0.3 is 11.8 Å². The van der Waals surface area contributed by atoms with Gasteiger partial charge in [0.05, 0.1) is 5.69 Å². The van der Waals surface area contributed by atoms with Crippen molar-refractivity contribution in [3.63, 3.8) is 0 Å². The van der Waals surface area contributed by atoms with Crippen LogP contribution in [0, 0.1) is 0 Å². The van der Waals surface area contributed by atoms with Crippen LogP contribution in [-0.4, -0.2) is 18.4 Å². The van der Waals surface area contributed by atoms with Gasteiger partial charge in [-0.25, -0.2) is 0 Å². The highest BCUT2D eigenvalue weighted by Crippen LogP contribution is 2.33. The van der Waals surface area contributed by atoms with Crippen LogP contribution in [0.2, 0.25) is 0 Å². The van der Waals surface area contributed by atoms with Crippen molar-refractivity contribution in [1.29, 1.82) is 0 Å². The van der Waals surface area contributed by atoms with E-state index in [1.165, 1.54) is 11.8 Å². The molecule has 0 aliphatic carbocycles. The second-order valence-corrected chi connectivity index (χ2v) is 5.74. The van der Waals surface area contributed by atoms with Crippen molar-refractivity contribution in [2.75, 3.05) is 11.9 Å². The highest BCUT2D eigenvalue weighted by atomic mass is 32.2. The second-order valence-electron chi connectivity index (χ2n) is 4.62. The summed E-state index contributed by atoms with van der Waals surface area (Å²) in [5, 5.41) is 5.23. The molecule has 0 aliphatic heterocycles. The number of hydrogen-bond donors (Lipinski definition) is 2. The third-order valence-corrected chi connectivity index (χ3v) is 3.93. The maximum absolute atomic E-state index is 11.9. The van der Waals surface area contributed by atoms with Gasteiger partial charge in [0.15, 0.2) is 0 Å². The first-order valence-electron chi connectivity index (χ1n) is 7.12. The third kappa shape index (κ3) is 4.63.